The largest absolute Gasteiger partial charge is 0.496 e. The molecule has 0 aromatic heterocycles. The summed E-state index contributed by atoms with van der Waals surface area (Å²) in [6, 6.07) is 3.35. The Morgan fingerprint density at radius 1 is 0.846 bits per heavy atom. The van der Waals surface area contributed by atoms with E-state index in [1.165, 1.54) is 0 Å². The molecule has 1 rings (SSSR count). The van der Waals surface area contributed by atoms with E-state index in [0.29, 0.717) is 22.8 Å². The maximum absolute atomic E-state index is 5.67. The number of rotatable bonds is 3. The van der Waals surface area contributed by atoms with E-state index in [9.17, 15) is 0 Å². The molecule has 0 heterocycles. The van der Waals surface area contributed by atoms with Gasteiger partial charge in [-0.2, -0.15) is 0 Å². The molecule has 0 saturated carbocycles. The Morgan fingerprint density at radius 3 is 1.77 bits per heavy atom. The molecular weight excluding hydrogens is 168 g/mol. The average molecular weight is 180 g/mol. The van der Waals surface area contributed by atoms with E-state index >= 15 is 0 Å². The van der Waals surface area contributed by atoms with Crippen molar-refractivity contribution in [3.05, 3.63) is 24.6 Å². The van der Waals surface area contributed by atoms with Gasteiger partial charge >= 0.3 is 0 Å². The van der Waals surface area contributed by atoms with Crippen LogP contribution in [0.1, 0.15) is 5.56 Å². The molecular formula is C10H12O3. The summed E-state index contributed by atoms with van der Waals surface area (Å²) in [4.78, 5) is 0. The second kappa shape index (κ2) is 4.03. The minimum absolute atomic E-state index is 0.528. The number of hydrogen-bond donors (Lipinski definition) is 0. The third-order valence-electron chi connectivity index (χ3n) is 1.74. The van der Waals surface area contributed by atoms with Gasteiger partial charge < -0.3 is 14.2 Å². The molecule has 0 aliphatic rings. The zero-order valence-electron chi connectivity index (χ0n) is 7.96. The Bertz CT molecular complexity index is 294. The van der Waals surface area contributed by atoms with E-state index in [1.54, 1.807) is 33.5 Å². The van der Waals surface area contributed by atoms with Gasteiger partial charge in [-0.25, -0.2) is 0 Å². The molecule has 1 aromatic rings. The molecule has 0 spiro atoms. The second-order valence-electron chi connectivity index (χ2n) is 2.45. The van der Waals surface area contributed by atoms with Crippen LogP contribution in [0, 0.1) is 6.92 Å². The summed E-state index contributed by atoms with van der Waals surface area (Å²) in [5, 5.41) is 0. The lowest BCUT2D eigenvalue weighted by Gasteiger charge is -2.11. The fourth-order valence-electron chi connectivity index (χ4n) is 1.05. The Morgan fingerprint density at radius 2 is 1.31 bits per heavy atom. The highest BCUT2D eigenvalue weighted by Crippen LogP contribution is 2.33. The van der Waals surface area contributed by atoms with E-state index < -0.39 is 0 Å². The lowest BCUT2D eigenvalue weighted by Crippen LogP contribution is -1.94. The highest BCUT2D eigenvalue weighted by atomic mass is 16.5. The fourth-order valence-corrected chi connectivity index (χ4v) is 1.05. The molecule has 0 bridgehead atoms. The number of benzene rings is 1. The van der Waals surface area contributed by atoms with Crippen LogP contribution < -0.4 is 14.2 Å². The van der Waals surface area contributed by atoms with Crippen molar-refractivity contribution in [1.82, 2.24) is 0 Å². The smallest absolute Gasteiger partial charge is 0.164 e. The first-order chi connectivity index (χ1) is 6.22. The highest BCUT2D eigenvalue weighted by Gasteiger charge is 2.07. The van der Waals surface area contributed by atoms with Crippen molar-refractivity contribution < 1.29 is 14.2 Å². The van der Waals surface area contributed by atoms with E-state index in [2.05, 4.69) is 0 Å². The zero-order chi connectivity index (χ0) is 9.84. The maximum Gasteiger partial charge on any atom is 0.164 e. The van der Waals surface area contributed by atoms with Gasteiger partial charge in [0, 0.05) is 18.6 Å². The van der Waals surface area contributed by atoms with Crippen LogP contribution in [0.4, 0.5) is 0 Å². The van der Waals surface area contributed by atoms with Gasteiger partial charge in [0.1, 0.15) is 5.75 Å². The van der Waals surface area contributed by atoms with Crippen LogP contribution in [0.3, 0.4) is 0 Å². The molecule has 2 radical (unpaired) electrons. The molecule has 3 heteroatoms. The van der Waals surface area contributed by atoms with Crippen LogP contribution >= 0.6 is 0 Å². The topological polar surface area (TPSA) is 27.7 Å². The third-order valence-corrected chi connectivity index (χ3v) is 1.74. The van der Waals surface area contributed by atoms with Crippen molar-refractivity contribution in [1.29, 1.82) is 0 Å². The van der Waals surface area contributed by atoms with Crippen LogP contribution in [0.2, 0.25) is 0 Å². The van der Waals surface area contributed by atoms with Crippen molar-refractivity contribution in [3.8, 4) is 17.2 Å². The van der Waals surface area contributed by atoms with Gasteiger partial charge in [-0.05, 0) is 6.07 Å². The summed E-state index contributed by atoms with van der Waals surface area (Å²) in [7, 11) is 4.68. The van der Waals surface area contributed by atoms with Crippen LogP contribution in [0.15, 0.2) is 12.1 Å². The van der Waals surface area contributed by atoms with Gasteiger partial charge in [-0.1, -0.05) is 0 Å². The van der Waals surface area contributed by atoms with Crippen molar-refractivity contribution in [2.45, 2.75) is 0 Å². The summed E-state index contributed by atoms with van der Waals surface area (Å²) in [5.41, 5.74) is 0.528. The van der Waals surface area contributed by atoms with Crippen LogP contribution in [-0.2, 0) is 0 Å². The average Bonchev–Trinajstić information content (AvgIpc) is 2.17. The van der Waals surface area contributed by atoms with Gasteiger partial charge in [0.2, 0.25) is 0 Å². The first kappa shape index (κ1) is 9.71. The maximum atomic E-state index is 5.67. The van der Waals surface area contributed by atoms with Gasteiger partial charge in [-0.15, -0.1) is 0 Å². The summed E-state index contributed by atoms with van der Waals surface area (Å²) in [6.07, 6.45) is 0. The first-order valence-corrected chi connectivity index (χ1v) is 3.78. The second-order valence-corrected chi connectivity index (χ2v) is 2.45. The summed E-state index contributed by atoms with van der Waals surface area (Å²) >= 11 is 0. The predicted molar refractivity (Wildman–Crippen MR) is 49.5 cm³/mol. The number of methoxy groups -OCH3 is 3. The van der Waals surface area contributed by atoms with Crippen LogP contribution in [-0.4, -0.2) is 21.3 Å². The number of hydrogen-bond acceptors (Lipinski definition) is 3. The fraction of sp³-hybridized carbons (Fsp3) is 0.300. The Hall–Kier alpha value is -1.38. The predicted octanol–water partition coefficient (Wildman–Crippen LogP) is 1.77. The molecule has 13 heavy (non-hydrogen) atoms. The van der Waals surface area contributed by atoms with E-state index in [4.69, 9.17) is 21.1 Å². The molecule has 0 fully saturated rings. The molecule has 3 nitrogen and oxygen atoms in total. The van der Waals surface area contributed by atoms with Gasteiger partial charge in [0.05, 0.1) is 21.3 Å². The third kappa shape index (κ3) is 1.86. The molecule has 0 aliphatic carbocycles. The minimum atomic E-state index is 0.528. The molecule has 0 amide bonds. The highest BCUT2D eigenvalue weighted by molar-refractivity contribution is 5.51. The Balaban J connectivity index is 3.18. The van der Waals surface area contributed by atoms with Crippen LogP contribution in [0.5, 0.6) is 17.2 Å². The summed E-state index contributed by atoms with van der Waals surface area (Å²) in [6.45, 7) is 5.67. The molecule has 70 valence electrons. The van der Waals surface area contributed by atoms with Gasteiger partial charge in [0.25, 0.3) is 0 Å². The lowest BCUT2D eigenvalue weighted by atomic mass is 10.2. The minimum Gasteiger partial charge on any atom is -0.496 e. The van der Waals surface area contributed by atoms with Crippen molar-refractivity contribution in [2.24, 2.45) is 0 Å². The van der Waals surface area contributed by atoms with Crippen LogP contribution in [0.25, 0.3) is 0 Å². The molecule has 0 N–H and O–H groups in total. The van der Waals surface area contributed by atoms with E-state index in [0.717, 1.165) is 0 Å². The van der Waals surface area contributed by atoms with E-state index in [1.807, 2.05) is 0 Å². The Kier molecular flexibility index (Phi) is 3.01. The molecule has 0 atom stereocenters. The van der Waals surface area contributed by atoms with Crippen molar-refractivity contribution >= 4 is 0 Å². The molecule has 0 unspecified atom stereocenters. The first-order valence-electron chi connectivity index (χ1n) is 3.78. The zero-order valence-corrected chi connectivity index (χ0v) is 7.96. The van der Waals surface area contributed by atoms with E-state index in [-0.39, 0.29) is 0 Å². The number of ether oxygens (including phenoxy) is 3. The monoisotopic (exact) mass is 180 g/mol. The summed E-state index contributed by atoms with van der Waals surface area (Å²) < 4.78 is 15.2. The standard InChI is InChI=1S/C10H12O3/c1-7-5-9(12-3)10(13-4)6-8(7)11-2/h1,5-6H,2-4H3. The van der Waals surface area contributed by atoms with Crippen molar-refractivity contribution in [2.75, 3.05) is 21.3 Å². The van der Waals surface area contributed by atoms with Gasteiger partial charge in [-0.3, -0.25) is 0 Å². The molecule has 0 saturated heterocycles. The SMILES string of the molecule is [CH]c1cc(OC)c(OC)cc1OC. The Labute approximate surface area is 78.2 Å². The summed E-state index contributed by atoms with van der Waals surface area (Å²) in [5.74, 6) is 1.78. The lowest BCUT2D eigenvalue weighted by molar-refractivity contribution is 0.348. The molecule has 0 aliphatic heterocycles. The normalized spacial score (nSPS) is 9.54. The van der Waals surface area contributed by atoms with Gasteiger partial charge in [0.15, 0.2) is 11.5 Å². The quantitative estimate of drug-likeness (QED) is 0.709. The molecule has 1 aromatic carbocycles. The van der Waals surface area contributed by atoms with Crippen molar-refractivity contribution in [3.63, 3.8) is 0 Å².